The highest BCUT2D eigenvalue weighted by Gasteiger charge is 2.30. The molecule has 0 radical (unpaired) electrons. The van der Waals surface area contributed by atoms with Crippen molar-refractivity contribution in [1.29, 1.82) is 0 Å². The molecule has 82 valence electrons. The van der Waals surface area contributed by atoms with Crippen LogP contribution in [-0.4, -0.2) is 43.1 Å². The van der Waals surface area contributed by atoms with Crippen LogP contribution in [0.5, 0.6) is 0 Å². The van der Waals surface area contributed by atoms with Crippen molar-refractivity contribution in [2.24, 2.45) is 10.8 Å². The molecule has 0 saturated carbocycles. The van der Waals surface area contributed by atoms with Crippen LogP contribution in [0.15, 0.2) is 5.10 Å². The Kier molecular flexibility index (Phi) is 4.12. The molecule has 0 spiro atoms. The van der Waals surface area contributed by atoms with Crippen LogP contribution in [0.3, 0.4) is 0 Å². The fourth-order valence-corrected chi connectivity index (χ4v) is 1.14. The normalized spacial score (nSPS) is 24.9. The number of nitrogens with one attached hydrogen (secondary N) is 1. The first-order chi connectivity index (χ1) is 6.69. The number of nitrogens with zero attached hydrogens (tertiary/aromatic N) is 1. The van der Waals surface area contributed by atoms with Gasteiger partial charge in [0.1, 0.15) is 12.7 Å². The van der Waals surface area contributed by atoms with E-state index in [4.69, 9.17) is 15.2 Å². The number of hydrogen-bond acceptors (Lipinski definition) is 6. The summed E-state index contributed by atoms with van der Waals surface area (Å²) in [6, 6.07) is -0.315. The smallest absolute Gasteiger partial charge is 0.234 e. The van der Waals surface area contributed by atoms with E-state index in [1.165, 1.54) is 0 Å². The summed E-state index contributed by atoms with van der Waals surface area (Å²) in [6.45, 7) is 2.19. The third kappa shape index (κ3) is 2.57. The molecule has 4 N–H and O–H groups in total. The number of aliphatic hydroxyl groups excluding tert-OH is 1. The highest BCUT2D eigenvalue weighted by molar-refractivity contribution is 5.78. The monoisotopic (exact) mass is 203 g/mol. The van der Waals surface area contributed by atoms with Gasteiger partial charge in [0.15, 0.2) is 0 Å². The second kappa shape index (κ2) is 5.14. The molecule has 0 saturated heterocycles. The lowest BCUT2D eigenvalue weighted by atomic mass is 10.1. The second-order valence-corrected chi connectivity index (χ2v) is 3.17. The van der Waals surface area contributed by atoms with Gasteiger partial charge >= 0.3 is 0 Å². The lowest BCUT2D eigenvalue weighted by molar-refractivity contribution is 0.00442. The third-order valence-corrected chi connectivity index (χ3v) is 2.07. The van der Waals surface area contributed by atoms with E-state index < -0.39 is 12.3 Å². The maximum Gasteiger partial charge on any atom is 0.234 e. The Hall–Kier alpha value is -0.850. The molecular formula is C8H17N3O3. The van der Waals surface area contributed by atoms with Crippen molar-refractivity contribution in [3.8, 4) is 0 Å². The maximum absolute atomic E-state index is 9.68. The Balaban J connectivity index is 2.37. The van der Waals surface area contributed by atoms with Crippen molar-refractivity contribution in [2.45, 2.75) is 31.7 Å². The average Bonchev–Trinajstić information content (AvgIpc) is 2.64. The van der Waals surface area contributed by atoms with E-state index in [0.717, 1.165) is 0 Å². The van der Waals surface area contributed by atoms with Crippen molar-refractivity contribution in [2.75, 3.05) is 13.7 Å². The van der Waals surface area contributed by atoms with Gasteiger partial charge < -0.3 is 20.3 Å². The van der Waals surface area contributed by atoms with E-state index in [2.05, 4.69) is 10.5 Å². The molecule has 0 bridgehead atoms. The van der Waals surface area contributed by atoms with Gasteiger partial charge in [-0.3, -0.25) is 5.43 Å². The summed E-state index contributed by atoms with van der Waals surface area (Å²) in [4.78, 5) is 0. The topological polar surface area (TPSA) is 89.1 Å². The fourth-order valence-electron chi connectivity index (χ4n) is 1.14. The van der Waals surface area contributed by atoms with Gasteiger partial charge in [0.05, 0.1) is 0 Å². The fraction of sp³-hybridized carbons (Fsp3) is 0.875. The molecule has 6 nitrogen and oxygen atoms in total. The van der Waals surface area contributed by atoms with Crippen LogP contribution in [0, 0.1) is 0 Å². The predicted molar refractivity (Wildman–Crippen MR) is 51.6 cm³/mol. The molecule has 3 atom stereocenters. The predicted octanol–water partition coefficient (Wildman–Crippen LogP) is -1.01. The molecule has 3 unspecified atom stereocenters. The van der Waals surface area contributed by atoms with Gasteiger partial charge in [-0.05, 0) is 6.42 Å². The molecule has 1 aliphatic rings. The molecule has 0 aliphatic carbocycles. The van der Waals surface area contributed by atoms with Crippen molar-refractivity contribution < 1.29 is 14.6 Å². The minimum atomic E-state index is -0.766. The maximum atomic E-state index is 9.68. The van der Waals surface area contributed by atoms with E-state index in [-0.39, 0.29) is 12.6 Å². The summed E-state index contributed by atoms with van der Waals surface area (Å²) >= 11 is 0. The summed E-state index contributed by atoms with van der Waals surface area (Å²) in [7, 11) is 1.55. The SMILES string of the molecule is CCC(N)C(O)C1NN=C(COC)O1. The van der Waals surface area contributed by atoms with E-state index in [1.807, 2.05) is 6.92 Å². The zero-order valence-electron chi connectivity index (χ0n) is 8.43. The molecule has 1 heterocycles. The molecule has 1 aliphatic heterocycles. The number of ether oxygens (including phenoxy) is 2. The number of rotatable bonds is 5. The van der Waals surface area contributed by atoms with E-state index in [0.29, 0.717) is 12.3 Å². The third-order valence-electron chi connectivity index (χ3n) is 2.07. The molecular weight excluding hydrogens is 186 g/mol. The van der Waals surface area contributed by atoms with Crippen LogP contribution in [-0.2, 0) is 9.47 Å². The largest absolute Gasteiger partial charge is 0.450 e. The Labute approximate surface area is 83.1 Å². The van der Waals surface area contributed by atoms with Crippen LogP contribution in [0.4, 0.5) is 0 Å². The first kappa shape index (κ1) is 11.2. The van der Waals surface area contributed by atoms with Gasteiger partial charge in [-0.2, -0.15) is 0 Å². The quantitative estimate of drug-likeness (QED) is 0.533. The van der Waals surface area contributed by atoms with Crippen molar-refractivity contribution in [1.82, 2.24) is 5.43 Å². The van der Waals surface area contributed by atoms with E-state index >= 15 is 0 Å². The minimum absolute atomic E-state index is 0.289. The lowest BCUT2D eigenvalue weighted by Gasteiger charge is -2.22. The van der Waals surface area contributed by atoms with Crippen molar-refractivity contribution in [3.63, 3.8) is 0 Å². The lowest BCUT2D eigenvalue weighted by Crippen LogP contribution is -2.47. The Morgan fingerprint density at radius 3 is 3.07 bits per heavy atom. The van der Waals surface area contributed by atoms with Crippen molar-refractivity contribution in [3.05, 3.63) is 0 Å². The first-order valence-electron chi connectivity index (χ1n) is 4.60. The number of methoxy groups -OCH3 is 1. The van der Waals surface area contributed by atoms with Crippen molar-refractivity contribution >= 4 is 5.90 Å². The van der Waals surface area contributed by atoms with Crippen LogP contribution in [0.25, 0.3) is 0 Å². The molecule has 0 aromatic carbocycles. The average molecular weight is 203 g/mol. The molecule has 0 fully saturated rings. The molecule has 0 aromatic rings. The zero-order valence-corrected chi connectivity index (χ0v) is 8.43. The summed E-state index contributed by atoms with van der Waals surface area (Å²) in [5.74, 6) is 0.430. The Bertz CT molecular complexity index is 210. The van der Waals surface area contributed by atoms with E-state index in [9.17, 15) is 5.11 Å². The minimum Gasteiger partial charge on any atom is -0.450 e. The molecule has 1 rings (SSSR count). The molecule has 0 amide bonds. The van der Waals surface area contributed by atoms with Gasteiger partial charge in [0, 0.05) is 13.2 Å². The number of hydrazone groups is 1. The van der Waals surface area contributed by atoms with Gasteiger partial charge in [-0.25, -0.2) is 0 Å². The number of nitrogens with two attached hydrogens (primary N) is 1. The van der Waals surface area contributed by atoms with Crippen LogP contribution >= 0.6 is 0 Å². The first-order valence-corrected chi connectivity index (χ1v) is 4.60. The highest BCUT2D eigenvalue weighted by Crippen LogP contribution is 2.08. The van der Waals surface area contributed by atoms with Gasteiger partial charge in [0.2, 0.25) is 12.1 Å². The van der Waals surface area contributed by atoms with Gasteiger partial charge in [0.25, 0.3) is 0 Å². The highest BCUT2D eigenvalue weighted by atomic mass is 16.6. The Morgan fingerprint density at radius 1 is 1.79 bits per heavy atom. The number of aliphatic hydroxyl groups is 1. The zero-order chi connectivity index (χ0) is 10.6. The van der Waals surface area contributed by atoms with Gasteiger partial charge in [-0.15, -0.1) is 5.10 Å². The summed E-state index contributed by atoms with van der Waals surface area (Å²) in [5, 5.41) is 13.5. The molecule has 0 aromatic heterocycles. The van der Waals surface area contributed by atoms with Crippen LogP contribution in [0.1, 0.15) is 13.3 Å². The molecule has 14 heavy (non-hydrogen) atoms. The summed E-state index contributed by atoms with van der Waals surface area (Å²) in [5.41, 5.74) is 8.33. The van der Waals surface area contributed by atoms with Gasteiger partial charge in [-0.1, -0.05) is 6.92 Å². The summed E-state index contributed by atoms with van der Waals surface area (Å²) < 4.78 is 10.1. The van der Waals surface area contributed by atoms with Crippen LogP contribution in [0.2, 0.25) is 0 Å². The summed E-state index contributed by atoms with van der Waals surface area (Å²) in [6.07, 6.45) is -0.643. The van der Waals surface area contributed by atoms with E-state index in [1.54, 1.807) is 7.11 Å². The number of hydrogen-bond donors (Lipinski definition) is 3. The van der Waals surface area contributed by atoms with Crippen LogP contribution < -0.4 is 11.2 Å². The Morgan fingerprint density at radius 2 is 2.50 bits per heavy atom. The molecule has 6 heteroatoms. The standard InChI is InChI=1S/C8H17N3O3/c1-3-5(9)7(12)8-11-10-6(14-8)4-13-2/h5,7-8,11-12H,3-4,9H2,1-2H3. The second-order valence-electron chi connectivity index (χ2n) is 3.17.